The third kappa shape index (κ3) is 9.12. The molecule has 0 aromatic heterocycles. The normalized spacial score (nSPS) is 12.3. The number of aliphatic imine (C=N–C) groups is 1. The van der Waals surface area contributed by atoms with E-state index in [2.05, 4.69) is 15.6 Å². The van der Waals surface area contributed by atoms with Gasteiger partial charge in [0.15, 0.2) is 5.96 Å². The zero-order valence-corrected chi connectivity index (χ0v) is 17.6. The third-order valence-corrected chi connectivity index (χ3v) is 3.55. The van der Waals surface area contributed by atoms with Crippen LogP contribution >= 0.6 is 47.2 Å². The highest BCUT2D eigenvalue weighted by atomic mass is 127. The van der Waals surface area contributed by atoms with Crippen LogP contribution in [0.5, 0.6) is 5.75 Å². The number of hydrogen-bond acceptors (Lipinski definition) is 4. The average molecular weight is 492 g/mol. The van der Waals surface area contributed by atoms with Crippen molar-refractivity contribution in [2.45, 2.75) is 13.0 Å². The Balaban J connectivity index is 0.00000529. The maximum atomic E-state index is 9.97. The third-order valence-electron chi connectivity index (χ3n) is 2.75. The lowest BCUT2D eigenvalue weighted by Crippen LogP contribution is -2.39. The first-order valence-electron chi connectivity index (χ1n) is 7.34. The topological polar surface area (TPSA) is 75.1 Å². The van der Waals surface area contributed by atoms with Gasteiger partial charge in [-0.1, -0.05) is 29.3 Å². The number of hydrogen-bond donors (Lipinski definition) is 3. The van der Waals surface area contributed by atoms with E-state index in [-0.39, 0.29) is 37.1 Å². The van der Waals surface area contributed by atoms with E-state index in [9.17, 15) is 5.11 Å². The molecule has 0 bridgehead atoms. The highest BCUT2D eigenvalue weighted by molar-refractivity contribution is 14.0. The molecule has 0 aliphatic carbocycles. The molecule has 0 amide bonds. The molecule has 3 N–H and O–H groups in total. The van der Waals surface area contributed by atoms with Crippen LogP contribution in [-0.2, 0) is 4.74 Å². The van der Waals surface area contributed by atoms with E-state index in [1.165, 1.54) is 0 Å². The van der Waals surface area contributed by atoms with Crippen molar-refractivity contribution in [3.8, 4) is 5.75 Å². The second-order valence-corrected chi connectivity index (χ2v) is 5.44. The maximum Gasteiger partial charge on any atom is 0.191 e. The summed E-state index contributed by atoms with van der Waals surface area (Å²) in [5.41, 5.74) is 0. The van der Waals surface area contributed by atoms with E-state index >= 15 is 0 Å². The predicted octanol–water partition coefficient (Wildman–Crippen LogP) is 2.55. The Morgan fingerprint density at radius 2 is 2.08 bits per heavy atom. The lowest BCUT2D eigenvalue weighted by Gasteiger charge is -2.14. The smallest absolute Gasteiger partial charge is 0.191 e. The Hall–Kier alpha value is -0.480. The quantitative estimate of drug-likeness (QED) is 0.214. The molecule has 1 unspecified atom stereocenters. The standard InChI is InChI=1S/C15H23Cl2N3O3.HI/c1-3-18-15(19-7-8-22-2)20-9-11(21)10-23-13-6-4-5-12(16)14(13)17;/h4-6,11,21H,3,7-10H2,1-2H3,(H2,18,19,20);1H. The summed E-state index contributed by atoms with van der Waals surface area (Å²) < 4.78 is 10.4. The van der Waals surface area contributed by atoms with E-state index in [4.69, 9.17) is 32.7 Å². The van der Waals surface area contributed by atoms with Crippen molar-refractivity contribution in [2.24, 2.45) is 4.99 Å². The van der Waals surface area contributed by atoms with Gasteiger partial charge < -0.3 is 25.2 Å². The second kappa shape index (κ2) is 13.8. The molecule has 1 aromatic rings. The van der Waals surface area contributed by atoms with Crippen molar-refractivity contribution in [2.75, 3.05) is 40.0 Å². The number of ether oxygens (including phenoxy) is 2. The lowest BCUT2D eigenvalue weighted by atomic mass is 10.3. The van der Waals surface area contributed by atoms with Crippen LogP contribution in [0.25, 0.3) is 0 Å². The fraction of sp³-hybridized carbons (Fsp3) is 0.533. The SMILES string of the molecule is CCNC(=NCC(O)COc1cccc(Cl)c1Cl)NCCOC.I. The number of aliphatic hydroxyl groups excluding tert-OH is 1. The number of guanidine groups is 1. The zero-order valence-electron chi connectivity index (χ0n) is 13.7. The molecule has 9 heteroatoms. The number of methoxy groups -OCH3 is 1. The second-order valence-electron chi connectivity index (χ2n) is 4.66. The highest BCUT2D eigenvalue weighted by Crippen LogP contribution is 2.31. The number of benzene rings is 1. The summed E-state index contributed by atoms with van der Waals surface area (Å²) in [5, 5.41) is 16.9. The molecule has 0 spiro atoms. The van der Waals surface area contributed by atoms with Crippen molar-refractivity contribution in [3.05, 3.63) is 28.2 Å². The molecule has 1 atom stereocenters. The minimum Gasteiger partial charge on any atom is -0.489 e. The van der Waals surface area contributed by atoms with Crippen LogP contribution in [0, 0.1) is 0 Å². The number of nitrogens with one attached hydrogen (secondary N) is 2. The van der Waals surface area contributed by atoms with Crippen molar-refractivity contribution < 1.29 is 14.6 Å². The first-order valence-corrected chi connectivity index (χ1v) is 8.10. The van der Waals surface area contributed by atoms with Gasteiger partial charge in [0.25, 0.3) is 0 Å². The van der Waals surface area contributed by atoms with E-state index in [1.807, 2.05) is 6.92 Å². The molecule has 1 aromatic carbocycles. The number of aliphatic hydroxyl groups is 1. The van der Waals surface area contributed by atoms with Gasteiger partial charge in [-0.2, -0.15) is 0 Å². The molecule has 0 saturated carbocycles. The average Bonchev–Trinajstić information content (AvgIpc) is 2.54. The summed E-state index contributed by atoms with van der Waals surface area (Å²) in [6.07, 6.45) is -0.761. The van der Waals surface area contributed by atoms with Crippen LogP contribution < -0.4 is 15.4 Å². The van der Waals surface area contributed by atoms with Crippen molar-refractivity contribution in [3.63, 3.8) is 0 Å². The molecule has 0 fully saturated rings. The van der Waals surface area contributed by atoms with E-state index in [1.54, 1.807) is 25.3 Å². The van der Waals surface area contributed by atoms with Gasteiger partial charge >= 0.3 is 0 Å². The Morgan fingerprint density at radius 1 is 1.33 bits per heavy atom. The number of nitrogens with zero attached hydrogens (tertiary/aromatic N) is 1. The molecule has 0 aliphatic heterocycles. The van der Waals surface area contributed by atoms with Gasteiger partial charge in [-0.05, 0) is 19.1 Å². The Kier molecular flexibility index (Phi) is 13.5. The van der Waals surface area contributed by atoms with E-state index in [0.29, 0.717) is 34.9 Å². The van der Waals surface area contributed by atoms with Gasteiger partial charge in [-0.3, -0.25) is 4.99 Å². The van der Waals surface area contributed by atoms with Crippen LogP contribution in [0.4, 0.5) is 0 Å². The molecule has 0 saturated heterocycles. The van der Waals surface area contributed by atoms with Gasteiger partial charge in [-0.15, -0.1) is 24.0 Å². The highest BCUT2D eigenvalue weighted by Gasteiger charge is 2.09. The summed E-state index contributed by atoms with van der Waals surface area (Å²) in [5.74, 6) is 1.05. The molecule has 138 valence electrons. The van der Waals surface area contributed by atoms with Crippen LogP contribution in [0.3, 0.4) is 0 Å². The van der Waals surface area contributed by atoms with Crippen molar-refractivity contribution in [1.29, 1.82) is 0 Å². The van der Waals surface area contributed by atoms with Gasteiger partial charge in [0.1, 0.15) is 23.5 Å². The molecule has 0 aliphatic rings. The van der Waals surface area contributed by atoms with Gasteiger partial charge in [0.2, 0.25) is 0 Å². The predicted molar refractivity (Wildman–Crippen MR) is 109 cm³/mol. The summed E-state index contributed by atoms with van der Waals surface area (Å²) in [7, 11) is 1.63. The van der Waals surface area contributed by atoms with Crippen molar-refractivity contribution in [1.82, 2.24) is 10.6 Å². The molecular weight excluding hydrogens is 468 g/mol. The van der Waals surface area contributed by atoms with Crippen LogP contribution in [0.15, 0.2) is 23.2 Å². The van der Waals surface area contributed by atoms with Gasteiger partial charge in [0, 0.05) is 20.2 Å². The fourth-order valence-corrected chi connectivity index (χ4v) is 1.99. The molecule has 6 nitrogen and oxygen atoms in total. The first kappa shape index (κ1) is 23.5. The minimum absolute atomic E-state index is 0. The summed E-state index contributed by atoms with van der Waals surface area (Å²) in [4.78, 5) is 4.29. The molecular formula is C15H24Cl2IN3O3. The summed E-state index contributed by atoms with van der Waals surface area (Å²) in [6, 6.07) is 5.10. The van der Waals surface area contributed by atoms with Gasteiger partial charge in [-0.25, -0.2) is 0 Å². The molecule has 0 heterocycles. The van der Waals surface area contributed by atoms with E-state index < -0.39 is 6.10 Å². The van der Waals surface area contributed by atoms with Crippen molar-refractivity contribution >= 4 is 53.1 Å². The van der Waals surface area contributed by atoms with E-state index in [0.717, 1.165) is 6.54 Å². The first-order chi connectivity index (χ1) is 11.1. The van der Waals surface area contributed by atoms with Crippen LogP contribution in [0.2, 0.25) is 10.0 Å². The number of rotatable bonds is 9. The summed E-state index contributed by atoms with van der Waals surface area (Å²) >= 11 is 11.9. The maximum absolute atomic E-state index is 9.97. The zero-order chi connectivity index (χ0) is 17.1. The molecule has 24 heavy (non-hydrogen) atoms. The largest absolute Gasteiger partial charge is 0.489 e. The molecule has 1 rings (SSSR count). The fourth-order valence-electron chi connectivity index (χ4n) is 1.64. The van der Waals surface area contributed by atoms with Crippen LogP contribution in [-0.4, -0.2) is 57.1 Å². The van der Waals surface area contributed by atoms with Gasteiger partial charge in [0.05, 0.1) is 18.2 Å². The molecule has 0 radical (unpaired) electrons. The Bertz CT molecular complexity index is 507. The lowest BCUT2D eigenvalue weighted by molar-refractivity contribution is 0.114. The summed E-state index contributed by atoms with van der Waals surface area (Å²) in [6.45, 7) is 4.16. The minimum atomic E-state index is -0.761. The Labute approximate surface area is 169 Å². The monoisotopic (exact) mass is 491 g/mol. The Morgan fingerprint density at radius 3 is 2.75 bits per heavy atom. The number of halogens is 3. The van der Waals surface area contributed by atoms with Crippen LogP contribution in [0.1, 0.15) is 6.92 Å².